The Morgan fingerprint density at radius 3 is 2.67 bits per heavy atom. The predicted octanol–water partition coefficient (Wildman–Crippen LogP) is -0.162. The van der Waals surface area contributed by atoms with E-state index in [2.05, 4.69) is 0 Å². The van der Waals surface area contributed by atoms with Crippen LogP contribution >= 0.6 is 0 Å². The SMILES string of the molecule is CC1(O)CN(C(=O)C2CC(=O)N(CC3CC3)C2)C1. The Balaban J connectivity index is 1.54. The molecule has 2 heterocycles. The monoisotopic (exact) mass is 252 g/mol. The van der Waals surface area contributed by atoms with Crippen LogP contribution in [0, 0.1) is 11.8 Å². The molecular weight excluding hydrogens is 232 g/mol. The van der Waals surface area contributed by atoms with Crippen LogP contribution in [0.1, 0.15) is 26.2 Å². The van der Waals surface area contributed by atoms with Gasteiger partial charge in [-0.2, -0.15) is 0 Å². The maximum Gasteiger partial charge on any atom is 0.228 e. The highest BCUT2D eigenvalue weighted by atomic mass is 16.3. The molecule has 0 aromatic rings. The quantitative estimate of drug-likeness (QED) is 0.759. The Kier molecular flexibility index (Phi) is 2.62. The smallest absolute Gasteiger partial charge is 0.228 e. The molecule has 3 aliphatic rings. The van der Waals surface area contributed by atoms with Crippen LogP contribution < -0.4 is 0 Å². The summed E-state index contributed by atoms with van der Waals surface area (Å²) in [5, 5.41) is 9.64. The van der Waals surface area contributed by atoms with Gasteiger partial charge in [-0.1, -0.05) is 0 Å². The summed E-state index contributed by atoms with van der Waals surface area (Å²) in [4.78, 5) is 27.5. The third-order valence-electron chi connectivity index (χ3n) is 4.11. The van der Waals surface area contributed by atoms with Crippen molar-refractivity contribution in [1.29, 1.82) is 0 Å². The highest BCUT2D eigenvalue weighted by Gasteiger charge is 2.45. The van der Waals surface area contributed by atoms with E-state index in [0.717, 1.165) is 6.54 Å². The van der Waals surface area contributed by atoms with E-state index in [1.807, 2.05) is 4.90 Å². The molecule has 0 spiro atoms. The van der Waals surface area contributed by atoms with E-state index in [-0.39, 0.29) is 17.7 Å². The maximum atomic E-state index is 12.1. The lowest BCUT2D eigenvalue weighted by Gasteiger charge is -2.45. The number of amides is 2. The van der Waals surface area contributed by atoms with Crippen molar-refractivity contribution in [3.63, 3.8) is 0 Å². The normalized spacial score (nSPS) is 30.6. The number of hydrogen-bond donors (Lipinski definition) is 1. The standard InChI is InChI=1S/C13H20N2O3/c1-13(18)7-15(8-13)12(17)10-4-11(16)14(6-10)5-9-2-3-9/h9-10,18H,2-8H2,1H3. The molecule has 2 amide bonds. The lowest BCUT2D eigenvalue weighted by atomic mass is 9.94. The Morgan fingerprint density at radius 2 is 2.11 bits per heavy atom. The van der Waals surface area contributed by atoms with E-state index < -0.39 is 5.60 Å². The summed E-state index contributed by atoms with van der Waals surface area (Å²) < 4.78 is 0. The molecule has 1 unspecified atom stereocenters. The van der Waals surface area contributed by atoms with Crippen molar-refractivity contribution in [3.8, 4) is 0 Å². The van der Waals surface area contributed by atoms with E-state index in [1.54, 1.807) is 11.8 Å². The second-order valence-electron chi connectivity index (χ2n) is 6.33. The average molecular weight is 252 g/mol. The van der Waals surface area contributed by atoms with Crippen molar-refractivity contribution in [1.82, 2.24) is 9.80 Å². The topological polar surface area (TPSA) is 60.9 Å². The summed E-state index contributed by atoms with van der Waals surface area (Å²) >= 11 is 0. The van der Waals surface area contributed by atoms with E-state index in [1.165, 1.54) is 12.8 Å². The van der Waals surface area contributed by atoms with E-state index in [4.69, 9.17) is 0 Å². The second kappa shape index (κ2) is 3.95. The van der Waals surface area contributed by atoms with Crippen LogP contribution in [-0.4, -0.2) is 58.5 Å². The number of rotatable bonds is 3. The second-order valence-corrected chi connectivity index (χ2v) is 6.33. The molecular formula is C13H20N2O3. The number of β-amino-alcohol motifs (C(OH)–C–C–N with tert-alkyl or cyclic N) is 1. The minimum Gasteiger partial charge on any atom is -0.386 e. The number of carbonyl (C=O) groups excluding carboxylic acids is 2. The van der Waals surface area contributed by atoms with Gasteiger partial charge in [-0.3, -0.25) is 9.59 Å². The molecule has 2 aliphatic heterocycles. The fraction of sp³-hybridized carbons (Fsp3) is 0.846. The van der Waals surface area contributed by atoms with E-state index >= 15 is 0 Å². The van der Waals surface area contributed by atoms with Gasteiger partial charge < -0.3 is 14.9 Å². The molecule has 5 nitrogen and oxygen atoms in total. The molecule has 0 bridgehead atoms. The summed E-state index contributed by atoms with van der Waals surface area (Å²) in [6.45, 7) is 3.95. The molecule has 100 valence electrons. The lowest BCUT2D eigenvalue weighted by Crippen LogP contribution is -2.62. The summed E-state index contributed by atoms with van der Waals surface area (Å²) in [6.07, 6.45) is 2.79. The zero-order valence-electron chi connectivity index (χ0n) is 10.8. The summed E-state index contributed by atoms with van der Waals surface area (Å²) in [5.41, 5.74) is -0.730. The highest BCUT2D eigenvalue weighted by molar-refractivity contribution is 5.89. The molecule has 1 N–H and O–H groups in total. The van der Waals surface area contributed by atoms with Crippen LogP contribution in [0.4, 0.5) is 0 Å². The van der Waals surface area contributed by atoms with Crippen molar-refractivity contribution in [3.05, 3.63) is 0 Å². The van der Waals surface area contributed by atoms with Gasteiger partial charge >= 0.3 is 0 Å². The molecule has 2 saturated heterocycles. The lowest BCUT2D eigenvalue weighted by molar-refractivity contribution is -0.156. The molecule has 0 radical (unpaired) electrons. The number of aliphatic hydroxyl groups is 1. The molecule has 1 saturated carbocycles. The zero-order valence-corrected chi connectivity index (χ0v) is 10.8. The molecule has 3 rings (SSSR count). The maximum absolute atomic E-state index is 12.1. The number of carbonyl (C=O) groups is 2. The van der Waals surface area contributed by atoms with Gasteiger partial charge in [-0.25, -0.2) is 0 Å². The number of hydrogen-bond acceptors (Lipinski definition) is 3. The van der Waals surface area contributed by atoms with E-state index in [0.29, 0.717) is 32.0 Å². The van der Waals surface area contributed by atoms with Gasteiger partial charge in [0.2, 0.25) is 11.8 Å². The first kappa shape index (κ1) is 12.0. The first-order valence-electron chi connectivity index (χ1n) is 6.73. The highest BCUT2D eigenvalue weighted by Crippen LogP contribution is 2.33. The molecule has 5 heteroatoms. The summed E-state index contributed by atoms with van der Waals surface area (Å²) in [5.74, 6) is 0.639. The van der Waals surface area contributed by atoms with Crippen LogP contribution in [0.2, 0.25) is 0 Å². The fourth-order valence-corrected chi connectivity index (χ4v) is 2.92. The van der Waals surface area contributed by atoms with Crippen LogP contribution in [0.25, 0.3) is 0 Å². The average Bonchev–Trinajstić information content (AvgIpc) is 2.99. The van der Waals surface area contributed by atoms with E-state index in [9.17, 15) is 14.7 Å². The summed E-state index contributed by atoms with van der Waals surface area (Å²) in [6, 6.07) is 0. The third-order valence-corrected chi connectivity index (χ3v) is 4.11. The van der Waals surface area contributed by atoms with Gasteiger partial charge in [0, 0.05) is 19.5 Å². The fourth-order valence-electron chi connectivity index (χ4n) is 2.92. The minimum absolute atomic E-state index is 0.0353. The van der Waals surface area contributed by atoms with Crippen LogP contribution in [0.3, 0.4) is 0 Å². The first-order valence-corrected chi connectivity index (χ1v) is 6.73. The minimum atomic E-state index is -0.730. The van der Waals surface area contributed by atoms with Gasteiger partial charge in [0.15, 0.2) is 0 Å². The van der Waals surface area contributed by atoms with Gasteiger partial charge in [0.25, 0.3) is 0 Å². The van der Waals surface area contributed by atoms with Crippen molar-refractivity contribution in [2.45, 2.75) is 31.8 Å². The van der Waals surface area contributed by atoms with Gasteiger partial charge in [0.1, 0.15) is 0 Å². The number of nitrogens with zero attached hydrogens (tertiary/aromatic N) is 2. The van der Waals surface area contributed by atoms with Crippen LogP contribution in [0.5, 0.6) is 0 Å². The van der Waals surface area contributed by atoms with Crippen molar-refractivity contribution in [2.75, 3.05) is 26.2 Å². The first-order chi connectivity index (χ1) is 8.44. The zero-order chi connectivity index (χ0) is 12.9. The Bertz CT molecular complexity index is 382. The van der Waals surface area contributed by atoms with Crippen molar-refractivity contribution < 1.29 is 14.7 Å². The third kappa shape index (κ3) is 2.23. The summed E-state index contributed by atoms with van der Waals surface area (Å²) in [7, 11) is 0. The molecule has 1 atom stereocenters. The molecule has 18 heavy (non-hydrogen) atoms. The van der Waals surface area contributed by atoms with Gasteiger partial charge in [-0.05, 0) is 25.7 Å². The van der Waals surface area contributed by atoms with Crippen LogP contribution in [-0.2, 0) is 9.59 Å². The Labute approximate surface area is 107 Å². The van der Waals surface area contributed by atoms with Crippen LogP contribution in [0.15, 0.2) is 0 Å². The van der Waals surface area contributed by atoms with Crippen molar-refractivity contribution in [2.24, 2.45) is 11.8 Å². The molecule has 1 aliphatic carbocycles. The Morgan fingerprint density at radius 1 is 1.44 bits per heavy atom. The van der Waals surface area contributed by atoms with Gasteiger partial charge in [0.05, 0.1) is 24.6 Å². The molecule has 0 aromatic carbocycles. The van der Waals surface area contributed by atoms with Crippen molar-refractivity contribution >= 4 is 11.8 Å². The van der Waals surface area contributed by atoms with Gasteiger partial charge in [-0.15, -0.1) is 0 Å². The molecule has 0 aromatic heterocycles. The largest absolute Gasteiger partial charge is 0.386 e. The molecule has 3 fully saturated rings. The number of likely N-dealkylation sites (tertiary alicyclic amines) is 2. The Hall–Kier alpha value is -1.10. The predicted molar refractivity (Wildman–Crippen MR) is 64.6 cm³/mol.